The van der Waals surface area contributed by atoms with Gasteiger partial charge in [0.15, 0.2) is 0 Å². The number of hydrogen-bond acceptors (Lipinski definition) is 0. The highest BCUT2D eigenvalue weighted by Gasteiger charge is 2.07. The molecule has 0 N–H and O–H groups in total. The third-order valence-corrected chi connectivity index (χ3v) is 4.86. The molecule has 0 unspecified atom stereocenters. The van der Waals surface area contributed by atoms with Crippen LogP contribution in [0, 0.1) is 0 Å². The molecule has 0 saturated carbocycles. The maximum atomic E-state index is 2.30. The van der Waals surface area contributed by atoms with Crippen LogP contribution in [-0.2, 0) is 12.8 Å². The van der Waals surface area contributed by atoms with Crippen molar-refractivity contribution in [3.05, 3.63) is 59.7 Å². The summed E-state index contributed by atoms with van der Waals surface area (Å²) in [4.78, 5) is 0. The fourth-order valence-corrected chi connectivity index (χ4v) is 3.79. The molecule has 0 nitrogen and oxygen atoms in total. The first-order chi connectivity index (χ1) is 9.35. The van der Waals surface area contributed by atoms with E-state index in [1.807, 2.05) is 0 Å². The molecule has 0 heterocycles. The minimum Gasteiger partial charge on any atom is -0.0651 e. The second-order valence-electron chi connectivity index (χ2n) is 4.94. The van der Waals surface area contributed by atoms with Gasteiger partial charge in [-0.25, -0.2) is 0 Å². The Bertz CT molecular complexity index is 469. The van der Waals surface area contributed by atoms with Crippen molar-refractivity contribution in [1.29, 1.82) is 0 Å². The lowest BCUT2D eigenvalue weighted by Gasteiger charge is -2.11. The Morgan fingerprint density at radius 1 is 0.684 bits per heavy atom. The van der Waals surface area contributed by atoms with Gasteiger partial charge < -0.3 is 0 Å². The lowest BCUT2D eigenvalue weighted by Crippen LogP contribution is -2.32. The van der Waals surface area contributed by atoms with Crippen molar-refractivity contribution in [3.63, 3.8) is 0 Å². The summed E-state index contributed by atoms with van der Waals surface area (Å²) in [5, 5.41) is 3.04. The monoisotopic (exact) mass is 266 g/mol. The van der Waals surface area contributed by atoms with Crippen LogP contribution in [0.1, 0.15) is 37.8 Å². The van der Waals surface area contributed by atoms with E-state index in [0.29, 0.717) is 0 Å². The predicted molar refractivity (Wildman–Crippen MR) is 85.9 cm³/mol. The van der Waals surface area contributed by atoms with Crippen molar-refractivity contribution in [2.75, 3.05) is 0 Å². The first-order valence-electron chi connectivity index (χ1n) is 7.28. The summed E-state index contributed by atoms with van der Waals surface area (Å²) in [6.07, 6.45) is 4.83. The SMILES string of the molecule is CCCc1ccccc1[Si]c1ccccc1CCC. The highest BCUT2D eigenvalue weighted by atomic mass is 28.2. The van der Waals surface area contributed by atoms with E-state index in [2.05, 4.69) is 62.4 Å². The molecular weight excluding hydrogens is 244 g/mol. The molecule has 2 aromatic rings. The van der Waals surface area contributed by atoms with Gasteiger partial charge in [-0.3, -0.25) is 0 Å². The maximum Gasteiger partial charge on any atom is 0.122 e. The summed E-state index contributed by atoms with van der Waals surface area (Å²) in [6, 6.07) is 17.8. The number of rotatable bonds is 6. The zero-order valence-corrected chi connectivity index (χ0v) is 12.9. The van der Waals surface area contributed by atoms with Gasteiger partial charge in [-0.05, 0) is 24.0 Å². The molecule has 2 radical (unpaired) electrons. The van der Waals surface area contributed by atoms with Crippen molar-refractivity contribution in [2.24, 2.45) is 0 Å². The summed E-state index contributed by atoms with van der Waals surface area (Å²) in [5.74, 6) is 0. The third kappa shape index (κ3) is 3.81. The molecule has 0 fully saturated rings. The smallest absolute Gasteiger partial charge is 0.0651 e. The fraction of sp³-hybridized carbons (Fsp3) is 0.333. The molecule has 2 rings (SSSR count). The van der Waals surface area contributed by atoms with Crippen molar-refractivity contribution >= 4 is 19.9 Å². The third-order valence-electron chi connectivity index (χ3n) is 3.34. The average molecular weight is 266 g/mol. The molecule has 19 heavy (non-hydrogen) atoms. The Labute approximate surface area is 119 Å². The van der Waals surface area contributed by atoms with Crippen LogP contribution < -0.4 is 10.4 Å². The second-order valence-corrected chi connectivity index (χ2v) is 6.27. The Balaban J connectivity index is 2.25. The van der Waals surface area contributed by atoms with Crippen LogP contribution in [-0.4, -0.2) is 9.52 Å². The van der Waals surface area contributed by atoms with E-state index in [0.717, 1.165) is 9.52 Å². The highest BCUT2D eigenvalue weighted by molar-refractivity contribution is 6.68. The summed E-state index contributed by atoms with van der Waals surface area (Å²) in [5.41, 5.74) is 3.05. The van der Waals surface area contributed by atoms with Gasteiger partial charge in [0.2, 0.25) is 0 Å². The molecule has 0 aliphatic carbocycles. The zero-order valence-electron chi connectivity index (χ0n) is 11.9. The van der Waals surface area contributed by atoms with Crippen LogP contribution in [0.15, 0.2) is 48.5 Å². The molecule has 0 spiro atoms. The summed E-state index contributed by atoms with van der Waals surface area (Å²) < 4.78 is 0. The van der Waals surface area contributed by atoms with E-state index in [9.17, 15) is 0 Å². The van der Waals surface area contributed by atoms with E-state index < -0.39 is 0 Å². The van der Waals surface area contributed by atoms with Crippen LogP contribution in [0.4, 0.5) is 0 Å². The number of aryl methyl sites for hydroxylation is 2. The van der Waals surface area contributed by atoms with Crippen molar-refractivity contribution in [1.82, 2.24) is 0 Å². The second kappa shape index (κ2) is 7.30. The molecule has 2 aromatic carbocycles. The van der Waals surface area contributed by atoms with E-state index >= 15 is 0 Å². The van der Waals surface area contributed by atoms with E-state index in [4.69, 9.17) is 0 Å². The Kier molecular flexibility index (Phi) is 5.40. The molecule has 0 bridgehead atoms. The largest absolute Gasteiger partial charge is 0.122 e. The van der Waals surface area contributed by atoms with Crippen LogP contribution in [0.2, 0.25) is 0 Å². The van der Waals surface area contributed by atoms with Gasteiger partial charge in [-0.2, -0.15) is 0 Å². The quantitative estimate of drug-likeness (QED) is 0.704. The lowest BCUT2D eigenvalue weighted by atomic mass is 10.1. The zero-order chi connectivity index (χ0) is 13.5. The summed E-state index contributed by atoms with van der Waals surface area (Å²) in [7, 11) is 0.794. The molecule has 98 valence electrons. The molecule has 0 saturated heterocycles. The first-order valence-corrected chi connectivity index (χ1v) is 8.28. The lowest BCUT2D eigenvalue weighted by molar-refractivity contribution is 0.925. The number of hydrogen-bond donors (Lipinski definition) is 0. The Morgan fingerprint density at radius 2 is 1.11 bits per heavy atom. The van der Waals surface area contributed by atoms with Crippen molar-refractivity contribution < 1.29 is 0 Å². The van der Waals surface area contributed by atoms with Crippen LogP contribution in [0.5, 0.6) is 0 Å². The summed E-state index contributed by atoms with van der Waals surface area (Å²) >= 11 is 0. The first kappa shape index (κ1) is 14.1. The van der Waals surface area contributed by atoms with Gasteiger partial charge in [-0.1, -0.05) is 85.6 Å². The molecule has 1 heteroatoms. The molecule has 0 aliphatic rings. The molecular formula is C18H22Si. The number of benzene rings is 2. The van der Waals surface area contributed by atoms with Crippen LogP contribution in [0.3, 0.4) is 0 Å². The Hall–Kier alpha value is -1.34. The van der Waals surface area contributed by atoms with Gasteiger partial charge in [0.25, 0.3) is 0 Å². The fourth-order valence-electron chi connectivity index (χ4n) is 2.40. The van der Waals surface area contributed by atoms with Gasteiger partial charge in [0.05, 0.1) is 0 Å². The molecule has 0 aromatic heterocycles. The van der Waals surface area contributed by atoms with E-state index in [-0.39, 0.29) is 0 Å². The van der Waals surface area contributed by atoms with Crippen molar-refractivity contribution in [2.45, 2.75) is 39.5 Å². The van der Waals surface area contributed by atoms with Crippen LogP contribution >= 0.6 is 0 Å². The standard InChI is InChI=1S/C18H22Si/c1-3-9-15-11-5-7-13-17(15)19-18-14-8-6-12-16(18)10-4-2/h5-8,11-14H,3-4,9-10H2,1-2H3. The minimum absolute atomic E-state index is 0.794. The highest BCUT2D eigenvalue weighted by Crippen LogP contribution is 2.03. The van der Waals surface area contributed by atoms with Gasteiger partial charge >= 0.3 is 0 Å². The average Bonchev–Trinajstić information content (AvgIpc) is 2.44. The summed E-state index contributed by atoms with van der Waals surface area (Å²) in [6.45, 7) is 4.51. The van der Waals surface area contributed by atoms with Gasteiger partial charge in [0, 0.05) is 0 Å². The minimum atomic E-state index is 0.794. The molecule has 0 aliphatic heterocycles. The van der Waals surface area contributed by atoms with E-state index in [1.54, 1.807) is 0 Å². The van der Waals surface area contributed by atoms with E-state index in [1.165, 1.54) is 47.2 Å². The normalized spacial score (nSPS) is 10.6. The Morgan fingerprint density at radius 3 is 1.53 bits per heavy atom. The van der Waals surface area contributed by atoms with Crippen LogP contribution in [0.25, 0.3) is 0 Å². The molecule has 0 amide bonds. The van der Waals surface area contributed by atoms with Gasteiger partial charge in [0.1, 0.15) is 9.52 Å². The predicted octanol–water partition coefficient (Wildman–Crippen LogP) is 3.25. The van der Waals surface area contributed by atoms with Crippen molar-refractivity contribution in [3.8, 4) is 0 Å². The molecule has 0 atom stereocenters. The topological polar surface area (TPSA) is 0 Å². The maximum absolute atomic E-state index is 2.30. The van der Waals surface area contributed by atoms with Gasteiger partial charge in [-0.15, -0.1) is 0 Å².